The van der Waals surface area contributed by atoms with Crippen molar-refractivity contribution in [1.29, 1.82) is 0 Å². The van der Waals surface area contributed by atoms with Gasteiger partial charge in [0.05, 0.1) is 128 Å². The Balaban J connectivity index is 1.16. The van der Waals surface area contributed by atoms with E-state index in [0.29, 0.717) is 66.1 Å². The van der Waals surface area contributed by atoms with E-state index >= 15 is 0 Å². The Hall–Kier alpha value is -2.28. The Bertz CT molecular complexity index is 2570. The van der Waals surface area contributed by atoms with Crippen LogP contribution in [0.15, 0.2) is 10.8 Å². The van der Waals surface area contributed by atoms with Crippen LogP contribution in [-0.4, -0.2) is 98.2 Å². The molecule has 8 aromatic rings. The summed E-state index contributed by atoms with van der Waals surface area (Å²) in [5.74, 6) is 0. The van der Waals surface area contributed by atoms with Gasteiger partial charge in [0.15, 0.2) is 0 Å². The molecule has 0 bridgehead atoms. The Morgan fingerprint density at radius 1 is 0.406 bits per heavy atom. The number of ether oxygens (including phenoxy) is 6. The van der Waals surface area contributed by atoms with Crippen LogP contribution in [0.5, 0.6) is 0 Å². The van der Waals surface area contributed by atoms with Gasteiger partial charge in [0, 0.05) is 38.1 Å². The van der Waals surface area contributed by atoms with E-state index in [1.54, 1.807) is 14.2 Å². The zero-order chi connectivity index (χ0) is 47.6. The first-order valence-electron chi connectivity index (χ1n) is 26.4. The molecule has 7 heterocycles. The number of aromatic nitrogens is 4. The summed E-state index contributed by atoms with van der Waals surface area (Å²) in [4.78, 5) is 0. The second-order valence-corrected chi connectivity index (χ2v) is 23.0. The molecule has 0 aliphatic heterocycles. The molecule has 0 radical (unpaired) electrons. The number of nitrogens with zero attached hydrogens (tertiary/aromatic N) is 4. The van der Waals surface area contributed by atoms with Gasteiger partial charge < -0.3 is 37.6 Å². The van der Waals surface area contributed by atoms with Crippen LogP contribution >= 0.6 is 57.1 Å². The number of methoxy groups -OCH3 is 2. The van der Waals surface area contributed by atoms with Crippen LogP contribution in [0.2, 0.25) is 0 Å². The lowest BCUT2D eigenvalue weighted by Gasteiger charge is -2.13. The molecule has 0 spiro atoms. The highest BCUT2D eigenvalue weighted by molar-refractivity contribution is 7.34. The van der Waals surface area contributed by atoms with Crippen molar-refractivity contribution < 1.29 is 28.4 Å². The number of rotatable bonds is 38. The summed E-state index contributed by atoms with van der Waals surface area (Å²) < 4.78 is 58.6. The summed E-state index contributed by atoms with van der Waals surface area (Å²) >= 11 is 9.16. The number of hydrogen-bond donors (Lipinski definition) is 0. The smallest absolute Gasteiger partial charge is 0.116 e. The van der Waals surface area contributed by atoms with E-state index in [-0.39, 0.29) is 0 Å². The normalized spacial score (nSPS) is 12.5. The Labute approximate surface area is 430 Å². The standard InChI is InChI=1S/C54H78N4O6S5/c1-5-7-9-11-13-15-17-19-21-23-39-37-65-53-47-51(67-49(39)53)41-43-44(56-69-55-43)42-46(45(41)57(47)25-27-61-33-35-63-31-29-59-3)58(26-28-62-34-36-64-32-30-60-4)48-52(42)68-50-40(38-66-54(48)50)24-22-20-18-16-14-12-10-8-6-2/h37-38H,5-36H2,1-4H3. The van der Waals surface area contributed by atoms with E-state index in [1.807, 2.05) is 45.3 Å². The monoisotopic (exact) mass is 1040 g/mol. The molecule has 0 unspecified atom stereocenters. The van der Waals surface area contributed by atoms with Crippen LogP contribution in [0.3, 0.4) is 0 Å². The first-order valence-corrected chi connectivity index (χ1v) is 30.6. The molecule has 0 saturated carbocycles. The Kier molecular flexibility index (Phi) is 21.7. The van der Waals surface area contributed by atoms with Crippen molar-refractivity contribution in [3.8, 4) is 0 Å². The van der Waals surface area contributed by atoms with Gasteiger partial charge in [-0.25, -0.2) is 0 Å². The van der Waals surface area contributed by atoms with Crippen molar-refractivity contribution in [3.63, 3.8) is 0 Å². The van der Waals surface area contributed by atoms with Gasteiger partial charge in [-0.1, -0.05) is 117 Å². The van der Waals surface area contributed by atoms with Crippen molar-refractivity contribution in [2.24, 2.45) is 0 Å². The van der Waals surface area contributed by atoms with Gasteiger partial charge in [0.2, 0.25) is 0 Å². The lowest BCUT2D eigenvalue weighted by Crippen LogP contribution is -2.13. The molecule has 0 saturated heterocycles. The van der Waals surface area contributed by atoms with E-state index in [2.05, 4.69) is 33.7 Å². The predicted molar refractivity (Wildman–Crippen MR) is 299 cm³/mol. The minimum atomic E-state index is 0.541. The van der Waals surface area contributed by atoms with Crippen LogP contribution in [0, 0.1) is 0 Å². The van der Waals surface area contributed by atoms with Crippen molar-refractivity contribution in [2.45, 2.75) is 155 Å². The zero-order valence-corrected chi connectivity index (χ0v) is 46.1. The van der Waals surface area contributed by atoms with Crippen LogP contribution in [0.25, 0.3) is 72.1 Å². The fourth-order valence-corrected chi connectivity index (χ4v) is 16.2. The molecular weight excluding hydrogens is 961 g/mol. The van der Waals surface area contributed by atoms with E-state index in [1.165, 1.54) is 199 Å². The average Bonchev–Trinajstić information content (AvgIpc) is 4.24. The van der Waals surface area contributed by atoms with Gasteiger partial charge in [0.1, 0.15) is 11.0 Å². The van der Waals surface area contributed by atoms with Crippen LogP contribution in [-0.2, 0) is 54.4 Å². The van der Waals surface area contributed by atoms with Crippen molar-refractivity contribution in [3.05, 3.63) is 21.9 Å². The SMILES string of the molecule is CCCCCCCCCCCc1csc2c1sc1c3c4nsnc4c4c5sc6c(CCCCCCCCCCC)csc6c5n(CCOCCOCCOC)c4c3n(CCOCCOCCOC)c21. The molecule has 69 heavy (non-hydrogen) atoms. The minimum absolute atomic E-state index is 0.541. The molecule has 8 rings (SSSR count). The molecule has 0 aliphatic carbocycles. The van der Waals surface area contributed by atoms with Gasteiger partial charge in [-0.15, -0.1) is 45.3 Å². The Morgan fingerprint density at radius 2 is 0.768 bits per heavy atom. The van der Waals surface area contributed by atoms with Crippen molar-refractivity contribution in [1.82, 2.24) is 17.9 Å². The molecule has 380 valence electrons. The maximum atomic E-state index is 6.36. The minimum Gasteiger partial charge on any atom is -0.382 e. The maximum Gasteiger partial charge on any atom is 0.116 e. The van der Waals surface area contributed by atoms with Gasteiger partial charge in [-0.05, 0) is 47.6 Å². The lowest BCUT2D eigenvalue weighted by molar-refractivity contribution is 0.0233. The highest BCUT2D eigenvalue weighted by atomic mass is 32.1. The summed E-state index contributed by atoms with van der Waals surface area (Å²) in [5.41, 5.74) is 10.2. The number of aryl methyl sites for hydroxylation is 2. The summed E-state index contributed by atoms with van der Waals surface area (Å²) in [6, 6.07) is 0. The molecule has 15 heteroatoms. The molecular formula is C54H78N4O6S5. The van der Waals surface area contributed by atoms with E-state index in [0.717, 1.165) is 37.0 Å². The van der Waals surface area contributed by atoms with E-state index in [4.69, 9.17) is 37.2 Å². The first-order chi connectivity index (χ1) is 34.2. The van der Waals surface area contributed by atoms with Crippen LogP contribution in [0.4, 0.5) is 0 Å². The van der Waals surface area contributed by atoms with Gasteiger partial charge in [0.25, 0.3) is 0 Å². The second kappa shape index (κ2) is 28.2. The van der Waals surface area contributed by atoms with Gasteiger partial charge in [-0.2, -0.15) is 8.75 Å². The molecule has 0 atom stereocenters. The molecule has 0 aliphatic rings. The van der Waals surface area contributed by atoms with Gasteiger partial charge >= 0.3 is 0 Å². The summed E-state index contributed by atoms with van der Waals surface area (Å²) in [7, 11) is 3.41. The third kappa shape index (κ3) is 12.9. The molecule has 0 N–H and O–H groups in total. The molecule has 0 fully saturated rings. The van der Waals surface area contributed by atoms with Crippen LogP contribution < -0.4 is 0 Å². The number of fused-ring (bicyclic) bond motifs is 14. The summed E-state index contributed by atoms with van der Waals surface area (Å²) in [6.07, 6.45) is 26.5. The largest absolute Gasteiger partial charge is 0.382 e. The Morgan fingerprint density at radius 3 is 1.16 bits per heavy atom. The summed E-state index contributed by atoms with van der Waals surface area (Å²) in [6.45, 7) is 11.7. The maximum absolute atomic E-state index is 6.36. The summed E-state index contributed by atoms with van der Waals surface area (Å²) in [5, 5.41) is 7.37. The number of unbranched alkanes of at least 4 members (excludes halogenated alkanes) is 16. The molecule has 1 aromatic carbocycles. The van der Waals surface area contributed by atoms with E-state index in [9.17, 15) is 0 Å². The fraction of sp³-hybridized carbons (Fsp3) is 0.667. The number of thiophene rings is 4. The fourth-order valence-electron chi connectivity index (χ4n) is 10.1. The second-order valence-electron chi connectivity index (χ2n) is 18.7. The molecule has 0 amide bonds. The zero-order valence-electron chi connectivity index (χ0n) is 42.1. The highest BCUT2D eigenvalue weighted by Crippen LogP contribution is 2.53. The topological polar surface area (TPSA) is 91.0 Å². The van der Waals surface area contributed by atoms with Crippen LogP contribution in [0.1, 0.15) is 141 Å². The third-order valence-electron chi connectivity index (χ3n) is 13.7. The van der Waals surface area contributed by atoms with Crippen molar-refractivity contribution >= 4 is 129 Å². The third-order valence-corrected chi connectivity index (χ3v) is 19.1. The first kappa shape index (κ1) is 53.0. The average molecular weight is 1040 g/mol. The van der Waals surface area contributed by atoms with Gasteiger partial charge in [-0.3, -0.25) is 0 Å². The quantitative estimate of drug-likeness (QED) is 0.0354. The molecule has 10 nitrogen and oxygen atoms in total. The predicted octanol–water partition coefficient (Wildman–Crippen LogP) is 16.0. The lowest BCUT2D eigenvalue weighted by atomic mass is 10.1. The van der Waals surface area contributed by atoms with Crippen molar-refractivity contribution in [2.75, 3.05) is 80.3 Å². The number of benzene rings is 1. The molecule has 7 aromatic heterocycles. The highest BCUT2D eigenvalue weighted by Gasteiger charge is 2.30. The number of hydrogen-bond acceptors (Lipinski definition) is 13. The van der Waals surface area contributed by atoms with E-state index < -0.39 is 0 Å².